The summed E-state index contributed by atoms with van der Waals surface area (Å²) in [6.45, 7) is 0. The SMILES string of the molecule is Cn1cc(-c2cc(C(F)F)[nH]c(=S)n2)cn1. The molecule has 0 unspecified atom stereocenters. The molecule has 2 aromatic rings. The molecule has 0 fully saturated rings. The number of nitrogens with one attached hydrogen (secondary N) is 1. The number of hydrogen-bond acceptors (Lipinski definition) is 3. The Hall–Kier alpha value is -1.63. The summed E-state index contributed by atoms with van der Waals surface area (Å²) in [6.07, 6.45) is 0.638. The van der Waals surface area contributed by atoms with E-state index in [1.54, 1.807) is 24.1 Å². The molecule has 0 saturated carbocycles. The molecule has 7 heteroatoms. The summed E-state index contributed by atoms with van der Waals surface area (Å²) in [7, 11) is 1.74. The van der Waals surface area contributed by atoms with Crippen molar-refractivity contribution in [1.82, 2.24) is 19.7 Å². The lowest BCUT2D eigenvalue weighted by atomic mass is 10.2. The van der Waals surface area contributed by atoms with Crippen molar-refractivity contribution in [2.75, 3.05) is 0 Å². The Morgan fingerprint density at radius 2 is 2.25 bits per heavy atom. The molecule has 0 saturated heterocycles. The normalized spacial score (nSPS) is 11.0. The summed E-state index contributed by atoms with van der Waals surface area (Å²) in [5, 5.41) is 3.94. The molecule has 0 aliphatic carbocycles. The molecule has 2 aromatic heterocycles. The number of aromatic nitrogens is 4. The van der Waals surface area contributed by atoms with Gasteiger partial charge in [0.2, 0.25) is 0 Å². The molecule has 2 heterocycles. The van der Waals surface area contributed by atoms with Gasteiger partial charge in [-0.3, -0.25) is 4.68 Å². The van der Waals surface area contributed by atoms with Crippen molar-refractivity contribution in [3.05, 3.63) is 28.9 Å². The van der Waals surface area contributed by atoms with Crippen LogP contribution in [0, 0.1) is 4.77 Å². The van der Waals surface area contributed by atoms with E-state index in [9.17, 15) is 8.78 Å². The lowest BCUT2D eigenvalue weighted by Crippen LogP contribution is -1.95. The van der Waals surface area contributed by atoms with Gasteiger partial charge < -0.3 is 4.98 Å². The second-order valence-electron chi connectivity index (χ2n) is 3.23. The second-order valence-corrected chi connectivity index (χ2v) is 3.62. The average molecular weight is 242 g/mol. The second kappa shape index (κ2) is 4.09. The zero-order valence-electron chi connectivity index (χ0n) is 8.32. The van der Waals surface area contributed by atoms with Gasteiger partial charge in [0, 0.05) is 18.8 Å². The van der Waals surface area contributed by atoms with Gasteiger partial charge in [-0.25, -0.2) is 13.8 Å². The Labute approximate surface area is 95.0 Å². The number of aromatic amines is 1. The predicted octanol–water partition coefficient (Wildman–Crippen LogP) is 2.48. The number of aryl methyl sites for hydroxylation is 1. The number of hydrogen-bond donors (Lipinski definition) is 1. The van der Waals surface area contributed by atoms with E-state index < -0.39 is 6.43 Å². The van der Waals surface area contributed by atoms with Crippen LogP contribution >= 0.6 is 12.2 Å². The molecule has 0 radical (unpaired) electrons. The third-order valence-corrected chi connectivity index (χ3v) is 2.19. The van der Waals surface area contributed by atoms with Crippen molar-refractivity contribution in [3.8, 4) is 11.3 Å². The van der Waals surface area contributed by atoms with Crippen molar-refractivity contribution in [2.24, 2.45) is 7.05 Å². The zero-order valence-corrected chi connectivity index (χ0v) is 9.13. The molecule has 0 aromatic carbocycles. The fraction of sp³-hybridized carbons (Fsp3) is 0.222. The minimum atomic E-state index is -2.60. The minimum Gasteiger partial charge on any atom is -0.329 e. The topological polar surface area (TPSA) is 46.5 Å². The minimum absolute atomic E-state index is 0.0386. The van der Waals surface area contributed by atoms with Gasteiger partial charge in [0.15, 0.2) is 4.77 Å². The van der Waals surface area contributed by atoms with Gasteiger partial charge in [-0.1, -0.05) is 0 Å². The van der Waals surface area contributed by atoms with E-state index in [1.807, 2.05) is 0 Å². The summed E-state index contributed by atoms with van der Waals surface area (Å²) in [5.41, 5.74) is 0.815. The number of H-pyrrole nitrogens is 1. The van der Waals surface area contributed by atoms with Gasteiger partial charge in [0.05, 0.1) is 17.6 Å². The maximum atomic E-state index is 12.5. The molecule has 0 bridgehead atoms. The lowest BCUT2D eigenvalue weighted by Gasteiger charge is -2.02. The maximum Gasteiger partial charge on any atom is 0.278 e. The third kappa shape index (κ3) is 2.13. The highest BCUT2D eigenvalue weighted by Crippen LogP contribution is 2.21. The van der Waals surface area contributed by atoms with Gasteiger partial charge in [-0.15, -0.1) is 0 Å². The molecular weight excluding hydrogens is 234 g/mol. The van der Waals surface area contributed by atoms with Crippen molar-refractivity contribution < 1.29 is 8.78 Å². The van der Waals surface area contributed by atoms with Crippen LogP contribution in [0.1, 0.15) is 12.1 Å². The van der Waals surface area contributed by atoms with Crippen molar-refractivity contribution in [3.63, 3.8) is 0 Å². The highest BCUT2D eigenvalue weighted by Gasteiger charge is 2.11. The number of nitrogens with zero attached hydrogens (tertiary/aromatic N) is 3. The predicted molar refractivity (Wildman–Crippen MR) is 56.6 cm³/mol. The largest absolute Gasteiger partial charge is 0.329 e. The number of alkyl halides is 2. The van der Waals surface area contributed by atoms with Crippen molar-refractivity contribution >= 4 is 12.2 Å². The van der Waals surface area contributed by atoms with Crippen LogP contribution in [0.25, 0.3) is 11.3 Å². The smallest absolute Gasteiger partial charge is 0.278 e. The average Bonchev–Trinajstić information content (AvgIpc) is 2.64. The maximum absolute atomic E-state index is 12.5. The summed E-state index contributed by atoms with van der Waals surface area (Å²) in [5.74, 6) is 0. The Morgan fingerprint density at radius 3 is 2.81 bits per heavy atom. The van der Waals surface area contributed by atoms with Gasteiger partial charge in [-0.05, 0) is 18.3 Å². The third-order valence-electron chi connectivity index (χ3n) is 2.00. The Balaban J connectivity index is 2.53. The Bertz CT molecular complexity index is 561. The first-order valence-electron chi connectivity index (χ1n) is 4.44. The number of halogens is 2. The van der Waals surface area contributed by atoms with Crippen LogP contribution in [0.4, 0.5) is 8.78 Å². The molecule has 2 rings (SSSR count). The molecule has 0 atom stereocenters. The number of rotatable bonds is 2. The summed E-state index contributed by atoms with van der Waals surface area (Å²) in [4.78, 5) is 6.32. The van der Waals surface area contributed by atoms with Gasteiger partial charge in [0.1, 0.15) is 0 Å². The van der Waals surface area contributed by atoms with E-state index in [-0.39, 0.29) is 10.5 Å². The zero-order chi connectivity index (χ0) is 11.7. The first-order chi connectivity index (χ1) is 7.56. The first kappa shape index (κ1) is 10.9. The highest BCUT2D eigenvalue weighted by molar-refractivity contribution is 7.71. The van der Waals surface area contributed by atoms with Crippen molar-refractivity contribution in [1.29, 1.82) is 0 Å². The summed E-state index contributed by atoms with van der Waals surface area (Å²) >= 11 is 4.79. The van der Waals surface area contributed by atoms with Gasteiger partial charge in [0.25, 0.3) is 6.43 Å². The Kier molecular flexibility index (Phi) is 2.78. The van der Waals surface area contributed by atoms with E-state index >= 15 is 0 Å². The van der Waals surface area contributed by atoms with Crippen LogP contribution in [0.15, 0.2) is 18.5 Å². The molecule has 0 spiro atoms. The quantitative estimate of drug-likeness (QED) is 0.823. The molecule has 16 heavy (non-hydrogen) atoms. The fourth-order valence-electron chi connectivity index (χ4n) is 1.30. The highest BCUT2D eigenvalue weighted by atomic mass is 32.1. The molecule has 1 N–H and O–H groups in total. The van der Waals surface area contributed by atoms with E-state index in [0.29, 0.717) is 11.3 Å². The van der Waals surface area contributed by atoms with E-state index in [0.717, 1.165) is 0 Å². The molecule has 0 amide bonds. The van der Waals surface area contributed by atoms with Gasteiger partial charge >= 0.3 is 0 Å². The van der Waals surface area contributed by atoms with Crippen LogP contribution in [0.5, 0.6) is 0 Å². The molecule has 0 aliphatic heterocycles. The van der Waals surface area contributed by atoms with Crippen LogP contribution in [-0.4, -0.2) is 19.7 Å². The molecule has 84 valence electrons. The summed E-state index contributed by atoms with van der Waals surface area (Å²) < 4.78 is 26.7. The molecular formula is C9H8F2N4S. The van der Waals surface area contributed by atoms with Crippen molar-refractivity contribution in [2.45, 2.75) is 6.43 Å². The van der Waals surface area contributed by atoms with Gasteiger partial charge in [-0.2, -0.15) is 5.10 Å². The lowest BCUT2D eigenvalue weighted by molar-refractivity contribution is 0.146. The Morgan fingerprint density at radius 1 is 1.50 bits per heavy atom. The van der Waals surface area contributed by atoms with E-state index in [4.69, 9.17) is 12.2 Å². The fourth-order valence-corrected chi connectivity index (χ4v) is 1.51. The standard InChI is InChI=1S/C9H8F2N4S/c1-15-4-5(3-12-15)6-2-7(8(10)11)14-9(16)13-6/h2-4,8H,1H3,(H,13,14,16). The van der Waals surface area contributed by atoms with Crippen LogP contribution < -0.4 is 0 Å². The van der Waals surface area contributed by atoms with Crippen LogP contribution in [0.2, 0.25) is 0 Å². The molecule has 0 aliphatic rings. The molecule has 4 nitrogen and oxygen atoms in total. The summed E-state index contributed by atoms with van der Waals surface area (Å²) in [6, 6.07) is 1.28. The van der Waals surface area contributed by atoms with Crippen LogP contribution in [-0.2, 0) is 7.05 Å². The monoisotopic (exact) mass is 242 g/mol. The van der Waals surface area contributed by atoms with Crippen LogP contribution in [0.3, 0.4) is 0 Å². The van der Waals surface area contributed by atoms with E-state index in [1.165, 1.54) is 6.07 Å². The van der Waals surface area contributed by atoms with E-state index in [2.05, 4.69) is 15.1 Å². The first-order valence-corrected chi connectivity index (χ1v) is 4.85.